The standard InChI is InChI=1S/C19H15ClFN3O2/c1-13-2-8-16(9-3-13)26-11-19(25)24(15-6-4-14(21)5-7-15)18-10-17(20)22-12-23-18/h2-10,12H,11H2,1H3. The number of anilines is 2. The lowest BCUT2D eigenvalue weighted by molar-refractivity contribution is -0.119. The molecule has 3 rings (SSSR count). The normalized spacial score (nSPS) is 10.4. The first-order valence-corrected chi connectivity index (χ1v) is 8.16. The van der Waals surface area contributed by atoms with Crippen LogP contribution in [-0.4, -0.2) is 22.5 Å². The quantitative estimate of drug-likeness (QED) is 0.627. The van der Waals surface area contributed by atoms with Crippen molar-refractivity contribution in [1.29, 1.82) is 0 Å². The number of nitrogens with zero attached hydrogens (tertiary/aromatic N) is 3. The molecule has 0 saturated heterocycles. The number of rotatable bonds is 5. The Bertz CT molecular complexity index is 901. The maximum absolute atomic E-state index is 13.2. The Morgan fingerprint density at radius 1 is 1.12 bits per heavy atom. The number of amides is 1. The minimum absolute atomic E-state index is 0.189. The fourth-order valence-corrected chi connectivity index (χ4v) is 2.43. The molecule has 0 bridgehead atoms. The molecule has 0 aliphatic rings. The summed E-state index contributed by atoms with van der Waals surface area (Å²) in [6.45, 7) is 1.74. The molecule has 132 valence electrons. The second-order valence-corrected chi connectivity index (χ2v) is 5.89. The van der Waals surface area contributed by atoms with Crippen LogP contribution in [0.15, 0.2) is 60.9 Å². The molecule has 1 heterocycles. The highest BCUT2D eigenvalue weighted by Gasteiger charge is 2.20. The fraction of sp³-hybridized carbons (Fsp3) is 0.105. The summed E-state index contributed by atoms with van der Waals surface area (Å²) >= 11 is 5.91. The number of hydrogen-bond acceptors (Lipinski definition) is 4. The third kappa shape index (κ3) is 4.34. The Labute approximate surface area is 155 Å². The van der Waals surface area contributed by atoms with Crippen LogP contribution in [0.25, 0.3) is 0 Å². The fourth-order valence-electron chi connectivity index (χ4n) is 2.28. The monoisotopic (exact) mass is 371 g/mol. The van der Waals surface area contributed by atoms with Gasteiger partial charge in [0.15, 0.2) is 6.61 Å². The van der Waals surface area contributed by atoms with Gasteiger partial charge in [-0.05, 0) is 43.3 Å². The van der Waals surface area contributed by atoms with E-state index in [9.17, 15) is 9.18 Å². The molecular weight excluding hydrogens is 357 g/mol. The number of hydrogen-bond donors (Lipinski definition) is 0. The van der Waals surface area contributed by atoms with Crippen LogP contribution in [0.4, 0.5) is 15.9 Å². The number of aryl methyl sites for hydroxylation is 1. The van der Waals surface area contributed by atoms with E-state index in [0.717, 1.165) is 5.56 Å². The Morgan fingerprint density at radius 2 is 1.81 bits per heavy atom. The van der Waals surface area contributed by atoms with Crippen LogP contribution in [0.5, 0.6) is 5.75 Å². The smallest absolute Gasteiger partial charge is 0.270 e. The van der Waals surface area contributed by atoms with E-state index < -0.39 is 5.82 Å². The summed E-state index contributed by atoms with van der Waals surface area (Å²) < 4.78 is 18.8. The maximum Gasteiger partial charge on any atom is 0.270 e. The van der Waals surface area contributed by atoms with Crippen LogP contribution in [0.2, 0.25) is 5.15 Å². The van der Waals surface area contributed by atoms with E-state index in [1.54, 1.807) is 12.1 Å². The molecule has 0 fully saturated rings. The van der Waals surface area contributed by atoms with Gasteiger partial charge in [-0.2, -0.15) is 0 Å². The van der Waals surface area contributed by atoms with Gasteiger partial charge in [-0.1, -0.05) is 29.3 Å². The van der Waals surface area contributed by atoms with Crippen LogP contribution >= 0.6 is 11.6 Å². The van der Waals surface area contributed by atoms with Crippen LogP contribution < -0.4 is 9.64 Å². The summed E-state index contributed by atoms with van der Waals surface area (Å²) in [7, 11) is 0. The first-order chi connectivity index (χ1) is 12.5. The average Bonchev–Trinajstić information content (AvgIpc) is 2.63. The van der Waals surface area contributed by atoms with E-state index in [4.69, 9.17) is 16.3 Å². The van der Waals surface area contributed by atoms with E-state index in [1.165, 1.54) is 41.6 Å². The Balaban J connectivity index is 1.85. The maximum atomic E-state index is 13.2. The molecule has 0 saturated carbocycles. The summed E-state index contributed by atoms with van der Waals surface area (Å²) in [5.41, 5.74) is 1.53. The highest BCUT2D eigenvalue weighted by Crippen LogP contribution is 2.25. The molecule has 1 aromatic heterocycles. The van der Waals surface area contributed by atoms with Gasteiger partial charge in [0.2, 0.25) is 0 Å². The average molecular weight is 372 g/mol. The summed E-state index contributed by atoms with van der Waals surface area (Å²) in [6, 6.07) is 14.3. The van der Waals surface area contributed by atoms with Gasteiger partial charge in [-0.25, -0.2) is 14.4 Å². The highest BCUT2D eigenvalue weighted by molar-refractivity contribution is 6.29. The minimum atomic E-state index is -0.405. The van der Waals surface area contributed by atoms with Crippen molar-refractivity contribution in [2.45, 2.75) is 6.92 Å². The molecule has 1 amide bonds. The molecule has 5 nitrogen and oxygen atoms in total. The van der Waals surface area contributed by atoms with Crippen LogP contribution in [-0.2, 0) is 4.79 Å². The van der Waals surface area contributed by atoms with Crippen molar-refractivity contribution in [3.63, 3.8) is 0 Å². The predicted octanol–water partition coefficient (Wildman–Crippen LogP) is 4.32. The molecule has 0 aliphatic heterocycles. The van der Waals surface area contributed by atoms with Crippen LogP contribution in [0, 0.1) is 12.7 Å². The summed E-state index contributed by atoms with van der Waals surface area (Å²) in [6.07, 6.45) is 1.25. The molecule has 26 heavy (non-hydrogen) atoms. The van der Waals surface area contributed by atoms with Crippen LogP contribution in [0.1, 0.15) is 5.56 Å². The summed E-state index contributed by atoms with van der Waals surface area (Å²) in [5.74, 6) is 0.0579. The van der Waals surface area contributed by atoms with Crippen molar-refractivity contribution < 1.29 is 13.9 Å². The molecule has 0 unspecified atom stereocenters. The third-order valence-corrected chi connectivity index (χ3v) is 3.77. The molecule has 0 aliphatic carbocycles. The Kier molecular flexibility index (Phi) is 5.43. The minimum Gasteiger partial charge on any atom is -0.484 e. The zero-order valence-electron chi connectivity index (χ0n) is 13.9. The van der Waals surface area contributed by atoms with Gasteiger partial charge in [0.25, 0.3) is 5.91 Å². The molecular formula is C19H15ClFN3O2. The molecule has 3 aromatic rings. The molecule has 7 heteroatoms. The van der Waals surface area contributed by atoms with Gasteiger partial charge in [-0.3, -0.25) is 9.69 Å². The number of ether oxygens (including phenoxy) is 1. The lowest BCUT2D eigenvalue weighted by Gasteiger charge is -2.22. The van der Waals surface area contributed by atoms with Gasteiger partial charge in [-0.15, -0.1) is 0 Å². The van der Waals surface area contributed by atoms with Crippen molar-refractivity contribution in [3.8, 4) is 5.75 Å². The summed E-state index contributed by atoms with van der Waals surface area (Å²) in [5, 5.41) is 0.189. The number of aromatic nitrogens is 2. The number of benzene rings is 2. The van der Waals surface area contributed by atoms with Crippen molar-refractivity contribution in [2.75, 3.05) is 11.5 Å². The summed E-state index contributed by atoms with van der Waals surface area (Å²) in [4.78, 5) is 22.0. The van der Waals surface area contributed by atoms with Gasteiger partial charge in [0, 0.05) is 6.07 Å². The van der Waals surface area contributed by atoms with Gasteiger partial charge in [0.1, 0.15) is 28.9 Å². The molecule has 0 atom stereocenters. The lowest BCUT2D eigenvalue weighted by atomic mass is 10.2. The van der Waals surface area contributed by atoms with E-state index >= 15 is 0 Å². The Hall–Kier alpha value is -2.99. The van der Waals surface area contributed by atoms with Crippen molar-refractivity contribution in [3.05, 3.63) is 77.5 Å². The van der Waals surface area contributed by atoms with Crippen molar-refractivity contribution in [1.82, 2.24) is 9.97 Å². The Morgan fingerprint density at radius 3 is 2.46 bits per heavy atom. The van der Waals surface area contributed by atoms with Gasteiger partial charge < -0.3 is 4.74 Å². The third-order valence-electron chi connectivity index (χ3n) is 3.57. The SMILES string of the molecule is Cc1ccc(OCC(=O)N(c2ccc(F)cc2)c2cc(Cl)ncn2)cc1. The largest absolute Gasteiger partial charge is 0.484 e. The van der Waals surface area contributed by atoms with E-state index in [-0.39, 0.29) is 23.5 Å². The van der Waals surface area contributed by atoms with Crippen molar-refractivity contribution >= 4 is 29.0 Å². The second kappa shape index (κ2) is 7.93. The molecule has 2 aromatic carbocycles. The molecule has 0 spiro atoms. The second-order valence-electron chi connectivity index (χ2n) is 5.51. The number of carbonyl (C=O) groups excluding carboxylic acids is 1. The van der Waals surface area contributed by atoms with Gasteiger partial charge in [0.05, 0.1) is 5.69 Å². The van der Waals surface area contributed by atoms with Crippen LogP contribution in [0.3, 0.4) is 0 Å². The highest BCUT2D eigenvalue weighted by atomic mass is 35.5. The number of carbonyl (C=O) groups is 1. The first kappa shape index (κ1) is 17.8. The molecule has 0 radical (unpaired) electrons. The van der Waals surface area contributed by atoms with Crippen molar-refractivity contribution in [2.24, 2.45) is 0 Å². The topological polar surface area (TPSA) is 55.3 Å². The first-order valence-electron chi connectivity index (χ1n) is 7.78. The molecule has 0 N–H and O–H groups in total. The zero-order chi connectivity index (χ0) is 18.5. The van der Waals surface area contributed by atoms with E-state index in [2.05, 4.69) is 9.97 Å². The zero-order valence-corrected chi connectivity index (χ0v) is 14.7. The van der Waals surface area contributed by atoms with Gasteiger partial charge >= 0.3 is 0 Å². The van der Waals surface area contributed by atoms with E-state index in [0.29, 0.717) is 11.4 Å². The predicted molar refractivity (Wildman–Crippen MR) is 97.3 cm³/mol. The van der Waals surface area contributed by atoms with E-state index in [1.807, 2.05) is 19.1 Å². The number of halogens is 2. The lowest BCUT2D eigenvalue weighted by Crippen LogP contribution is -2.31.